The van der Waals surface area contributed by atoms with Crippen LogP contribution in [0.3, 0.4) is 0 Å². The highest BCUT2D eigenvalue weighted by Crippen LogP contribution is 2.43. The number of carbonyl (C=O) groups excluding carboxylic acids is 2. The predicted molar refractivity (Wildman–Crippen MR) is 114 cm³/mol. The normalized spacial score (nSPS) is 26.6. The van der Waals surface area contributed by atoms with Gasteiger partial charge in [-0.25, -0.2) is 4.79 Å². The van der Waals surface area contributed by atoms with Crippen LogP contribution in [-0.2, 0) is 16.1 Å². The Balaban J connectivity index is 1.51. The topological polar surface area (TPSA) is 68.4 Å². The zero-order valence-electron chi connectivity index (χ0n) is 18.3. The number of carbonyl (C=O) groups is 2. The van der Waals surface area contributed by atoms with Gasteiger partial charge in [-0.2, -0.15) is 0 Å². The minimum absolute atomic E-state index is 0.0637. The minimum Gasteiger partial charge on any atom is -0.453 e. The summed E-state index contributed by atoms with van der Waals surface area (Å²) in [6.45, 7) is 5.10. The molecule has 1 atom stereocenters. The number of piperidine rings is 1. The van der Waals surface area contributed by atoms with Gasteiger partial charge >= 0.3 is 6.09 Å². The monoisotopic (exact) mass is 415 g/mol. The maximum absolute atomic E-state index is 12.9. The molecule has 2 amide bonds. The molecule has 3 heterocycles. The fraction of sp³-hybridized carbons (Fsp3) is 0.636. The van der Waals surface area contributed by atoms with E-state index in [1.54, 1.807) is 11.9 Å². The van der Waals surface area contributed by atoms with Crippen molar-refractivity contribution in [1.82, 2.24) is 24.9 Å². The number of fused-ring (bicyclic) bond motifs is 1. The molecular weight excluding hydrogens is 382 g/mol. The van der Waals surface area contributed by atoms with Crippen molar-refractivity contribution in [2.75, 3.05) is 60.5 Å². The second-order valence-electron chi connectivity index (χ2n) is 8.94. The lowest BCUT2D eigenvalue weighted by Gasteiger charge is -2.50. The molecular formula is C22H33N5O3. The molecule has 3 fully saturated rings. The molecule has 0 bridgehead atoms. The number of likely N-dealkylation sites (tertiary alicyclic amines) is 1. The van der Waals surface area contributed by atoms with Gasteiger partial charge in [0.25, 0.3) is 0 Å². The maximum atomic E-state index is 12.9. The number of nitrogens with one attached hydrogen (secondary N) is 1. The molecule has 0 aromatic heterocycles. The van der Waals surface area contributed by atoms with Crippen molar-refractivity contribution in [2.45, 2.75) is 30.6 Å². The second-order valence-corrected chi connectivity index (χ2v) is 8.94. The third-order valence-electron chi connectivity index (χ3n) is 7.29. The third-order valence-corrected chi connectivity index (χ3v) is 7.29. The summed E-state index contributed by atoms with van der Waals surface area (Å²) < 4.78 is 4.91. The minimum atomic E-state index is -0.542. The van der Waals surface area contributed by atoms with Crippen LogP contribution in [0.1, 0.15) is 18.4 Å². The van der Waals surface area contributed by atoms with Crippen molar-refractivity contribution in [1.29, 1.82) is 0 Å². The molecule has 1 aromatic rings. The smallest absolute Gasteiger partial charge is 0.409 e. The number of methoxy groups -OCH3 is 1. The highest BCUT2D eigenvalue weighted by atomic mass is 16.5. The number of ether oxygens (including phenoxy) is 1. The first-order chi connectivity index (χ1) is 14.4. The summed E-state index contributed by atoms with van der Waals surface area (Å²) in [7, 11) is 5.25. The molecule has 1 spiro atoms. The molecule has 0 saturated carbocycles. The Morgan fingerprint density at radius 3 is 2.60 bits per heavy atom. The summed E-state index contributed by atoms with van der Waals surface area (Å²) in [6, 6.07) is 10.6. The molecule has 0 radical (unpaired) electrons. The van der Waals surface area contributed by atoms with E-state index in [1.165, 1.54) is 12.7 Å². The Bertz CT molecular complexity index is 780. The number of hydrogen-bond acceptors (Lipinski definition) is 6. The van der Waals surface area contributed by atoms with E-state index in [1.807, 2.05) is 11.0 Å². The van der Waals surface area contributed by atoms with Gasteiger partial charge in [0.1, 0.15) is 5.66 Å². The van der Waals surface area contributed by atoms with E-state index in [9.17, 15) is 9.59 Å². The Morgan fingerprint density at radius 2 is 1.93 bits per heavy atom. The number of benzene rings is 1. The molecule has 30 heavy (non-hydrogen) atoms. The lowest BCUT2D eigenvalue weighted by Crippen LogP contribution is -2.70. The van der Waals surface area contributed by atoms with E-state index >= 15 is 0 Å². The summed E-state index contributed by atoms with van der Waals surface area (Å²) in [6.07, 6.45) is 1.63. The van der Waals surface area contributed by atoms with Gasteiger partial charge < -0.3 is 19.9 Å². The SMILES string of the molecule is COC(=O)N(C)CC12CNCC(=O)N1CC1(CCN(Cc3ccccc3)CC1)N2C. The van der Waals surface area contributed by atoms with Crippen LogP contribution < -0.4 is 5.32 Å². The van der Waals surface area contributed by atoms with Crippen molar-refractivity contribution in [3.63, 3.8) is 0 Å². The van der Waals surface area contributed by atoms with Crippen LogP contribution in [0.2, 0.25) is 0 Å². The molecule has 0 aliphatic carbocycles. The van der Waals surface area contributed by atoms with Crippen LogP contribution in [0.5, 0.6) is 0 Å². The van der Waals surface area contributed by atoms with Crippen molar-refractivity contribution in [3.8, 4) is 0 Å². The van der Waals surface area contributed by atoms with Crippen LogP contribution >= 0.6 is 0 Å². The van der Waals surface area contributed by atoms with Crippen molar-refractivity contribution in [2.24, 2.45) is 0 Å². The maximum Gasteiger partial charge on any atom is 0.409 e. The van der Waals surface area contributed by atoms with Crippen molar-refractivity contribution >= 4 is 12.0 Å². The van der Waals surface area contributed by atoms with Crippen molar-refractivity contribution < 1.29 is 14.3 Å². The van der Waals surface area contributed by atoms with Gasteiger partial charge in [0.05, 0.1) is 20.2 Å². The van der Waals surface area contributed by atoms with E-state index in [0.29, 0.717) is 19.6 Å². The average Bonchev–Trinajstić information content (AvgIpc) is 3.00. The van der Waals surface area contributed by atoms with Gasteiger partial charge in [0.15, 0.2) is 0 Å². The zero-order valence-corrected chi connectivity index (χ0v) is 18.3. The molecule has 3 aliphatic rings. The number of amides is 2. The van der Waals surface area contributed by atoms with E-state index < -0.39 is 5.66 Å². The third kappa shape index (κ3) is 3.57. The van der Waals surface area contributed by atoms with Crippen LogP contribution in [0, 0.1) is 0 Å². The zero-order chi connectivity index (χ0) is 21.4. The number of likely N-dealkylation sites (N-methyl/N-ethyl adjacent to an activating group) is 2. The van der Waals surface area contributed by atoms with E-state index in [4.69, 9.17) is 4.74 Å². The van der Waals surface area contributed by atoms with E-state index in [0.717, 1.165) is 39.0 Å². The van der Waals surface area contributed by atoms with Gasteiger partial charge in [0, 0.05) is 45.3 Å². The first-order valence-corrected chi connectivity index (χ1v) is 10.7. The number of rotatable bonds is 4. The van der Waals surface area contributed by atoms with E-state index in [-0.39, 0.29) is 17.5 Å². The Morgan fingerprint density at radius 1 is 1.23 bits per heavy atom. The number of piperazine rings is 1. The Kier molecular flexibility index (Phi) is 5.74. The van der Waals surface area contributed by atoms with Gasteiger partial charge in [-0.15, -0.1) is 0 Å². The van der Waals surface area contributed by atoms with Gasteiger partial charge in [-0.3, -0.25) is 14.6 Å². The number of nitrogens with zero attached hydrogens (tertiary/aromatic N) is 4. The fourth-order valence-corrected chi connectivity index (χ4v) is 5.48. The first kappa shape index (κ1) is 21.1. The highest BCUT2D eigenvalue weighted by molar-refractivity contribution is 5.81. The van der Waals surface area contributed by atoms with Gasteiger partial charge in [-0.05, 0) is 25.5 Å². The fourth-order valence-electron chi connectivity index (χ4n) is 5.48. The summed E-state index contributed by atoms with van der Waals surface area (Å²) in [5.41, 5.74) is 0.729. The summed E-state index contributed by atoms with van der Waals surface area (Å²) in [5, 5.41) is 3.28. The Hall–Kier alpha value is -2.16. The number of hydrogen-bond donors (Lipinski definition) is 1. The average molecular weight is 416 g/mol. The summed E-state index contributed by atoms with van der Waals surface area (Å²) >= 11 is 0. The second kappa shape index (κ2) is 8.17. The first-order valence-electron chi connectivity index (χ1n) is 10.7. The Labute approximate surface area is 178 Å². The molecule has 8 nitrogen and oxygen atoms in total. The molecule has 3 saturated heterocycles. The predicted octanol–water partition coefficient (Wildman–Crippen LogP) is 0.793. The standard InChI is InChI=1S/C22H33N5O3/c1-24(20(29)30-3)17-22-15-23-13-19(28)27(22)16-21(25(22)2)9-11-26(12-10-21)14-18-7-5-4-6-8-18/h4-8,23H,9-17H2,1-3H3. The molecule has 1 unspecified atom stereocenters. The van der Waals surface area contributed by atoms with Crippen LogP contribution in [0.4, 0.5) is 4.79 Å². The molecule has 8 heteroatoms. The largest absolute Gasteiger partial charge is 0.453 e. The van der Waals surface area contributed by atoms with Crippen LogP contribution in [0.25, 0.3) is 0 Å². The quantitative estimate of drug-likeness (QED) is 0.785. The van der Waals surface area contributed by atoms with Crippen molar-refractivity contribution in [3.05, 3.63) is 35.9 Å². The summed E-state index contributed by atoms with van der Waals surface area (Å²) in [4.78, 5) is 33.4. The lowest BCUT2D eigenvalue weighted by molar-refractivity contribution is -0.143. The van der Waals surface area contributed by atoms with Gasteiger partial charge in [0.2, 0.25) is 5.91 Å². The van der Waals surface area contributed by atoms with E-state index in [2.05, 4.69) is 46.4 Å². The highest BCUT2D eigenvalue weighted by Gasteiger charge is 2.61. The molecule has 1 aromatic carbocycles. The van der Waals surface area contributed by atoms with Crippen LogP contribution in [-0.4, -0.2) is 103 Å². The summed E-state index contributed by atoms with van der Waals surface area (Å²) in [5.74, 6) is 0.106. The molecule has 1 N–H and O–H groups in total. The van der Waals surface area contributed by atoms with Gasteiger partial charge in [-0.1, -0.05) is 30.3 Å². The lowest BCUT2D eigenvalue weighted by atomic mass is 9.86. The van der Waals surface area contributed by atoms with Crippen LogP contribution in [0.15, 0.2) is 30.3 Å². The molecule has 4 rings (SSSR count). The molecule has 3 aliphatic heterocycles. The molecule has 164 valence electrons.